The Balaban J connectivity index is 1.51. The second-order valence-electron chi connectivity index (χ2n) is 8.10. The van der Waals surface area contributed by atoms with Crippen molar-refractivity contribution < 1.29 is 13.6 Å². The van der Waals surface area contributed by atoms with Crippen molar-refractivity contribution in [3.63, 3.8) is 0 Å². The average Bonchev–Trinajstić information content (AvgIpc) is 2.45. The molecule has 4 aliphatic rings. The van der Waals surface area contributed by atoms with E-state index in [0.29, 0.717) is 0 Å². The Morgan fingerprint density at radius 3 is 2.22 bits per heavy atom. The molecule has 124 valence electrons. The first-order chi connectivity index (χ1) is 10.9. The van der Waals surface area contributed by atoms with Crippen LogP contribution < -0.4 is 5.32 Å². The standard InChI is InChI=1S/C19H23F2NO/c1-11(22-18(23)16-3-2-15(20)7-17(16)21)19-8-12-4-13(9-19)6-14(5-12)10-19/h2-3,7,11-14H,4-6,8-10H2,1H3,(H,22,23). The Hall–Kier alpha value is -1.45. The fourth-order valence-electron chi connectivity index (χ4n) is 5.81. The SMILES string of the molecule is CC(NC(=O)c1ccc(F)cc1F)C12CC3CC(CC(C3)C1)C2. The molecule has 0 aromatic heterocycles. The van der Waals surface area contributed by atoms with Crippen molar-refractivity contribution in [1.29, 1.82) is 0 Å². The van der Waals surface area contributed by atoms with Crippen LogP contribution in [0.25, 0.3) is 0 Å². The van der Waals surface area contributed by atoms with E-state index in [9.17, 15) is 13.6 Å². The van der Waals surface area contributed by atoms with Gasteiger partial charge in [-0.2, -0.15) is 0 Å². The van der Waals surface area contributed by atoms with E-state index >= 15 is 0 Å². The Labute approximate surface area is 135 Å². The lowest BCUT2D eigenvalue weighted by atomic mass is 9.48. The first-order valence-electron chi connectivity index (χ1n) is 8.71. The minimum atomic E-state index is -0.791. The summed E-state index contributed by atoms with van der Waals surface area (Å²) in [7, 11) is 0. The van der Waals surface area contributed by atoms with Crippen molar-refractivity contribution >= 4 is 5.91 Å². The van der Waals surface area contributed by atoms with Crippen molar-refractivity contribution in [3.05, 3.63) is 35.4 Å². The van der Waals surface area contributed by atoms with Crippen LogP contribution in [0.4, 0.5) is 8.78 Å². The summed E-state index contributed by atoms with van der Waals surface area (Å²) >= 11 is 0. The van der Waals surface area contributed by atoms with E-state index in [1.807, 2.05) is 0 Å². The zero-order chi connectivity index (χ0) is 16.2. The van der Waals surface area contributed by atoms with E-state index in [-0.39, 0.29) is 17.0 Å². The van der Waals surface area contributed by atoms with Crippen molar-refractivity contribution in [2.45, 2.75) is 51.5 Å². The molecule has 4 saturated carbocycles. The largest absolute Gasteiger partial charge is 0.349 e. The highest BCUT2D eigenvalue weighted by Gasteiger charge is 2.53. The molecule has 0 aliphatic heterocycles. The molecule has 23 heavy (non-hydrogen) atoms. The second-order valence-corrected chi connectivity index (χ2v) is 8.10. The maximum Gasteiger partial charge on any atom is 0.254 e. The molecule has 1 N–H and O–H groups in total. The molecule has 4 fully saturated rings. The molecule has 1 unspecified atom stereocenters. The highest BCUT2D eigenvalue weighted by atomic mass is 19.1. The molecule has 4 heteroatoms. The number of amides is 1. The second kappa shape index (κ2) is 5.29. The van der Waals surface area contributed by atoms with Gasteiger partial charge in [0.15, 0.2) is 0 Å². The van der Waals surface area contributed by atoms with Crippen LogP contribution in [0.1, 0.15) is 55.8 Å². The topological polar surface area (TPSA) is 29.1 Å². The van der Waals surface area contributed by atoms with Crippen LogP contribution in [-0.2, 0) is 0 Å². The highest BCUT2D eigenvalue weighted by Crippen LogP contribution is 2.61. The number of carbonyl (C=O) groups is 1. The molecule has 1 amide bonds. The lowest BCUT2D eigenvalue weighted by Crippen LogP contribution is -2.55. The minimum absolute atomic E-state index is 0.0350. The summed E-state index contributed by atoms with van der Waals surface area (Å²) in [5, 5.41) is 3.01. The van der Waals surface area contributed by atoms with Gasteiger partial charge in [-0.1, -0.05) is 0 Å². The van der Waals surface area contributed by atoms with Crippen LogP contribution in [0, 0.1) is 34.8 Å². The summed E-state index contributed by atoms with van der Waals surface area (Å²) in [5.74, 6) is 0.550. The van der Waals surface area contributed by atoms with Gasteiger partial charge in [0.25, 0.3) is 5.91 Å². The predicted octanol–water partition coefficient (Wildman–Crippen LogP) is 4.30. The third kappa shape index (κ3) is 2.56. The summed E-state index contributed by atoms with van der Waals surface area (Å²) in [4.78, 5) is 12.4. The molecule has 1 atom stereocenters. The molecular weight excluding hydrogens is 296 g/mol. The molecule has 1 aromatic carbocycles. The summed E-state index contributed by atoms with van der Waals surface area (Å²) in [5.41, 5.74) is 0.115. The number of hydrogen-bond acceptors (Lipinski definition) is 1. The van der Waals surface area contributed by atoms with Crippen LogP contribution in [-0.4, -0.2) is 11.9 Å². The highest BCUT2D eigenvalue weighted by molar-refractivity contribution is 5.94. The van der Waals surface area contributed by atoms with Crippen molar-refractivity contribution in [1.82, 2.24) is 5.32 Å². The van der Waals surface area contributed by atoms with Gasteiger partial charge in [0.1, 0.15) is 11.6 Å². The summed E-state index contributed by atoms with van der Waals surface area (Å²) in [6.07, 6.45) is 7.62. The zero-order valence-corrected chi connectivity index (χ0v) is 13.4. The zero-order valence-electron chi connectivity index (χ0n) is 13.4. The third-order valence-corrected chi connectivity index (χ3v) is 6.53. The lowest BCUT2D eigenvalue weighted by Gasteiger charge is -2.59. The predicted molar refractivity (Wildman–Crippen MR) is 83.9 cm³/mol. The van der Waals surface area contributed by atoms with Crippen molar-refractivity contribution in [2.75, 3.05) is 0 Å². The molecule has 1 aromatic rings. The molecule has 4 aliphatic carbocycles. The van der Waals surface area contributed by atoms with Gasteiger partial charge in [0.05, 0.1) is 5.56 Å². The number of rotatable bonds is 3. The van der Waals surface area contributed by atoms with Crippen LogP contribution in [0.5, 0.6) is 0 Å². The van der Waals surface area contributed by atoms with E-state index in [0.717, 1.165) is 29.9 Å². The molecular formula is C19H23F2NO. The molecule has 4 bridgehead atoms. The van der Waals surface area contributed by atoms with Gasteiger partial charge in [-0.25, -0.2) is 8.78 Å². The van der Waals surface area contributed by atoms with Gasteiger partial charge in [0.2, 0.25) is 0 Å². The van der Waals surface area contributed by atoms with Crippen LogP contribution in [0.15, 0.2) is 18.2 Å². The van der Waals surface area contributed by atoms with E-state index in [4.69, 9.17) is 0 Å². The normalized spacial score (nSPS) is 36.0. The Morgan fingerprint density at radius 2 is 1.70 bits per heavy atom. The number of hydrogen-bond donors (Lipinski definition) is 1. The monoisotopic (exact) mass is 319 g/mol. The smallest absolute Gasteiger partial charge is 0.254 e. The minimum Gasteiger partial charge on any atom is -0.349 e. The van der Waals surface area contributed by atoms with Gasteiger partial charge < -0.3 is 5.32 Å². The Kier molecular flexibility index (Phi) is 3.47. The van der Waals surface area contributed by atoms with Crippen LogP contribution in [0.3, 0.4) is 0 Å². The fourth-order valence-corrected chi connectivity index (χ4v) is 5.81. The molecule has 5 rings (SSSR count). The number of nitrogens with one attached hydrogen (secondary N) is 1. The quantitative estimate of drug-likeness (QED) is 0.884. The van der Waals surface area contributed by atoms with E-state index in [1.54, 1.807) is 0 Å². The lowest BCUT2D eigenvalue weighted by molar-refractivity contribution is -0.0688. The summed E-state index contributed by atoms with van der Waals surface area (Å²) in [6, 6.07) is 3.16. The van der Waals surface area contributed by atoms with Gasteiger partial charge in [-0.3, -0.25) is 4.79 Å². The van der Waals surface area contributed by atoms with Gasteiger partial charge in [0, 0.05) is 12.1 Å². The van der Waals surface area contributed by atoms with E-state index < -0.39 is 17.5 Å². The van der Waals surface area contributed by atoms with Gasteiger partial charge >= 0.3 is 0 Å². The van der Waals surface area contributed by atoms with Gasteiger partial charge in [-0.15, -0.1) is 0 Å². The molecule has 0 spiro atoms. The number of halogens is 2. The maximum absolute atomic E-state index is 13.8. The Bertz CT molecular complexity index is 607. The Morgan fingerprint density at radius 1 is 1.13 bits per heavy atom. The van der Waals surface area contributed by atoms with E-state index in [2.05, 4.69) is 12.2 Å². The fraction of sp³-hybridized carbons (Fsp3) is 0.632. The first-order valence-corrected chi connectivity index (χ1v) is 8.71. The van der Waals surface area contributed by atoms with Crippen molar-refractivity contribution in [3.8, 4) is 0 Å². The first kappa shape index (κ1) is 15.1. The van der Waals surface area contributed by atoms with Crippen molar-refractivity contribution in [2.24, 2.45) is 23.2 Å². The van der Waals surface area contributed by atoms with E-state index in [1.165, 1.54) is 44.6 Å². The number of carbonyl (C=O) groups excluding carboxylic acids is 1. The van der Waals surface area contributed by atoms with Crippen LogP contribution in [0.2, 0.25) is 0 Å². The average molecular weight is 319 g/mol. The molecule has 0 radical (unpaired) electrons. The molecule has 2 nitrogen and oxygen atoms in total. The molecule has 0 heterocycles. The molecule has 0 saturated heterocycles. The maximum atomic E-state index is 13.8. The van der Waals surface area contributed by atoms with Gasteiger partial charge in [-0.05, 0) is 80.8 Å². The summed E-state index contributed by atoms with van der Waals surface area (Å²) < 4.78 is 26.8. The number of benzene rings is 1. The third-order valence-electron chi connectivity index (χ3n) is 6.53. The summed E-state index contributed by atoms with van der Waals surface area (Å²) in [6.45, 7) is 2.06. The van der Waals surface area contributed by atoms with Crippen LogP contribution >= 0.6 is 0 Å².